The molecule has 0 aromatic carbocycles. The van der Waals surface area contributed by atoms with Gasteiger partial charge in [-0.15, -0.1) is 4.99 Å². The zero-order valence-electron chi connectivity index (χ0n) is 7.49. The van der Waals surface area contributed by atoms with E-state index >= 15 is 0 Å². The smallest absolute Gasteiger partial charge is 0.280 e. The summed E-state index contributed by atoms with van der Waals surface area (Å²) in [5.41, 5.74) is 0.734. The lowest BCUT2D eigenvalue weighted by Gasteiger charge is -2.02. The van der Waals surface area contributed by atoms with Gasteiger partial charge >= 0.3 is 0 Å². The zero-order chi connectivity index (χ0) is 9.97. The van der Waals surface area contributed by atoms with E-state index in [-0.39, 0.29) is 5.88 Å². The van der Waals surface area contributed by atoms with Gasteiger partial charge < -0.3 is 4.52 Å². The van der Waals surface area contributed by atoms with Crippen LogP contribution in [0.1, 0.15) is 37.3 Å². The van der Waals surface area contributed by atoms with Crippen LogP contribution in [0.25, 0.3) is 0 Å². The number of aliphatic imine (C=N–C) groups is 1. The summed E-state index contributed by atoms with van der Waals surface area (Å²) in [6.45, 7) is 0. The Kier molecular flexibility index (Phi) is 2.66. The summed E-state index contributed by atoms with van der Waals surface area (Å²) >= 11 is 5.95. The fourth-order valence-electron chi connectivity index (χ4n) is 1.85. The molecule has 2 rings (SSSR count). The highest BCUT2D eigenvalue weighted by atomic mass is 35.5. The molecule has 0 bridgehead atoms. The Morgan fingerprint density at radius 1 is 1.50 bits per heavy atom. The first-order chi connectivity index (χ1) is 6.83. The topological polar surface area (TPSA) is 55.5 Å². The standard InChI is InChI=1S/C9H9ClN2O2/c10-7-8(6-3-1-2-4-6)12-14-9(7)11-5-13/h6H,1-4H2. The number of hydrogen-bond donors (Lipinski definition) is 0. The van der Waals surface area contributed by atoms with Crippen LogP contribution in [-0.4, -0.2) is 11.2 Å². The third kappa shape index (κ3) is 1.59. The van der Waals surface area contributed by atoms with E-state index in [2.05, 4.69) is 10.1 Å². The maximum absolute atomic E-state index is 10.0. The van der Waals surface area contributed by atoms with Crippen LogP contribution in [0.5, 0.6) is 0 Å². The van der Waals surface area contributed by atoms with E-state index < -0.39 is 0 Å². The molecule has 0 amide bonds. The van der Waals surface area contributed by atoms with E-state index in [4.69, 9.17) is 16.1 Å². The van der Waals surface area contributed by atoms with Crippen LogP contribution in [0, 0.1) is 0 Å². The predicted molar refractivity (Wildman–Crippen MR) is 50.5 cm³/mol. The molecule has 1 saturated carbocycles. The molecule has 0 radical (unpaired) electrons. The second-order valence-corrected chi connectivity index (χ2v) is 3.75. The highest BCUT2D eigenvalue weighted by Crippen LogP contribution is 2.40. The number of rotatable bonds is 2. The highest BCUT2D eigenvalue weighted by Gasteiger charge is 2.25. The summed E-state index contributed by atoms with van der Waals surface area (Å²) in [7, 11) is 0. The lowest BCUT2D eigenvalue weighted by atomic mass is 10.0. The van der Waals surface area contributed by atoms with Crippen molar-refractivity contribution in [2.45, 2.75) is 31.6 Å². The summed E-state index contributed by atoms with van der Waals surface area (Å²) < 4.78 is 4.84. The Bertz CT molecular complexity index is 376. The minimum Gasteiger partial charge on any atom is -0.334 e. The molecule has 0 aliphatic heterocycles. The van der Waals surface area contributed by atoms with Crippen molar-refractivity contribution in [1.29, 1.82) is 0 Å². The molecule has 1 heterocycles. The zero-order valence-corrected chi connectivity index (χ0v) is 8.25. The van der Waals surface area contributed by atoms with E-state index in [0.29, 0.717) is 10.9 Å². The average molecular weight is 213 g/mol. The molecule has 0 N–H and O–H groups in total. The maximum Gasteiger partial charge on any atom is 0.280 e. The minimum atomic E-state index is 0.0727. The van der Waals surface area contributed by atoms with Crippen molar-refractivity contribution in [2.24, 2.45) is 4.99 Å². The molecule has 0 saturated heterocycles. The molecular formula is C9H9ClN2O2. The molecule has 4 nitrogen and oxygen atoms in total. The minimum absolute atomic E-state index is 0.0727. The van der Waals surface area contributed by atoms with Crippen LogP contribution in [0.15, 0.2) is 9.52 Å². The van der Waals surface area contributed by atoms with Gasteiger partial charge in [0, 0.05) is 5.92 Å². The molecule has 1 aliphatic rings. The quantitative estimate of drug-likeness (QED) is 0.559. The summed E-state index contributed by atoms with van der Waals surface area (Å²) in [5, 5.41) is 4.20. The normalized spacial score (nSPS) is 16.9. The molecule has 0 atom stereocenters. The summed E-state index contributed by atoms with van der Waals surface area (Å²) in [4.78, 5) is 13.4. The molecule has 1 fully saturated rings. The number of halogens is 1. The van der Waals surface area contributed by atoms with E-state index in [1.807, 2.05) is 0 Å². The second-order valence-electron chi connectivity index (χ2n) is 3.37. The largest absolute Gasteiger partial charge is 0.334 e. The number of hydrogen-bond acceptors (Lipinski definition) is 4. The van der Waals surface area contributed by atoms with Crippen molar-refractivity contribution >= 4 is 23.6 Å². The van der Waals surface area contributed by atoms with E-state index in [0.717, 1.165) is 18.5 Å². The Hall–Kier alpha value is -1.12. The van der Waals surface area contributed by atoms with Gasteiger partial charge in [-0.25, -0.2) is 4.79 Å². The van der Waals surface area contributed by atoms with Gasteiger partial charge in [-0.2, -0.15) is 0 Å². The summed E-state index contributed by atoms with van der Waals surface area (Å²) in [6, 6.07) is 0. The fraction of sp³-hybridized carbons (Fsp3) is 0.556. The first-order valence-electron chi connectivity index (χ1n) is 4.56. The lowest BCUT2D eigenvalue weighted by Crippen LogP contribution is -1.92. The Labute approximate surface area is 85.9 Å². The van der Waals surface area contributed by atoms with Crippen LogP contribution in [-0.2, 0) is 4.79 Å². The number of aromatic nitrogens is 1. The average Bonchev–Trinajstić information content (AvgIpc) is 2.77. The monoisotopic (exact) mass is 212 g/mol. The van der Waals surface area contributed by atoms with Crippen LogP contribution >= 0.6 is 11.6 Å². The Balaban J connectivity index is 2.30. The first kappa shape index (κ1) is 9.44. The SMILES string of the molecule is O=C=Nc1onc(C2CCCC2)c1Cl. The van der Waals surface area contributed by atoms with Gasteiger partial charge in [0.05, 0.1) is 0 Å². The highest BCUT2D eigenvalue weighted by molar-refractivity contribution is 6.33. The van der Waals surface area contributed by atoms with Crippen LogP contribution in [0.4, 0.5) is 5.88 Å². The van der Waals surface area contributed by atoms with Crippen molar-refractivity contribution in [2.75, 3.05) is 0 Å². The molecule has 1 aromatic heterocycles. The maximum atomic E-state index is 10.0. The van der Waals surface area contributed by atoms with E-state index in [1.54, 1.807) is 0 Å². The summed E-state index contributed by atoms with van der Waals surface area (Å²) in [5.74, 6) is 0.436. The molecule has 14 heavy (non-hydrogen) atoms. The number of isocyanates is 1. The van der Waals surface area contributed by atoms with Gasteiger partial charge in [0.2, 0.25) is 6.08 Å². The third-order valence-corrected chi connectivity index (χ3v) is 2.89. The van der Waals surface area contributed by atoms with Gasteiger partial charge in [0.25, 0.3) is 5.88 Å². The van der Waals surface area contributed by atoms with Gasteiger partial charge in [0.1, 0.15) is 10.7 Å². The fourth-order valence-corrected chi connectivity index (χ4v) is 2.11. The van der Waals surface area contributed by atoms with Crippen molar-refractivity contribution < 1.29 is 9.32 Å². The van der Waals surface area contributed by atoms with E-state index in [9.17, 15) is 4.79 Å². The van der Waals surface area contributed by atoms with E-state index in [1.165, 1.54) is 18.9 Å². The third-order valence-electron chi connectivity index (χ3n) is 2.53. The van der Waals surface area contributed by atoms with Gasteiger partial charge in [0.15, 0.2) is 0 Å². The molecule has 0 spiro atoms. The molecule has 74 valence electrons. The van der Waals surface area contributed by atoms with Crippen LogP contribution in [0.3, 0.4) is 0 Å². The van der Waals surface area contributed by atoms with Crippen molar-refractivity contribution in [3.05, 3.63) is 10.7 Å². The van der Waals surface area contributed by atoms with Crippen molar-refractivity contribution in [3.8, 4) is 0 Å². The number of nitrogens with zero attached hydrogens (tertiary/aromatic N) is 2. The lowest BCUT2D eigenvalue weighted by molar-refractivity contribution is 0.414. The van der Waals surface area contributed by atoms with Crippen molar-refractivity contribution in [1.82, 2.24) is 5.16 Å². The number of carbonyl (C=O) groups excluding carboxylic acids is 1. The Morgan fingerprint density at radius 2 is 2.21 bits per heavy atom. The molecule has 0 unspecified atom stereocenters. The molecular weight excluding hydrogens is 204 g/mol. The van der Waals surface area contributed by atoms with Gasteiger partial charge in [-0.1, -0.05) is 29.6 Å². The van der Waals surface area contributed by atoms with Gasteiger partial charge in [-0.3, -0.25) is 0 Å². The molecule has 1 aliphatic carbocycles. The van der Waals surface area contributed by atoms with Gasteiger partial charge in [-0.05, 0) is 12.8 Å². The molecule has 1 aromatic rings. The summed E-state index contributed by atoms with van der Waals surface area (Å²) in [6.07, 6.45) is 5.93. The predicted octanol–water partition coefficient (Wildman–Crippen LogP) is 2.95. The Morgan fingerprint density at radius 3 is 2.86 bits per heavy atom. The molecule has 5 heteroatoms. The van der Waals surface area contributed by atoms with Crippen LogP contribution in [0.2, 0.25) is 5.02 Å². The van der Waals surface area contributed by atoms with Crippen LogP contribution < -0.4 is 0 Å². The first-order valence-corrected chi connectivity index (χ1v) is 4.93. The van der Waals surface area contributed by atoms with Crippen molar-refractivity contribution in [3.63, 3.8) is 0 Å². The second kappa shape index (κ2) is 3.95.